The first-order valence-electron chi connectivity index (χ1n) is 6.51. The van der Waals surface area contributed by atoms with E-state index in [1.54, 1.807) is 0 Å². The third-order valence-electron chi connectivity index (χ3n) is 4.03. The molecule has 1 fully saturated rings. The second kappa shape index (κ2) is 4.44. The van der Waals surface area contributed by atoms with Crippen molar-refractivity contribution in [1.82, 2.24) is 10.2 Å². The number of fused-ring (bicyclic) bond motifs is 1. The highest BCUT2D eigenvalue weighted by molar-refractivity contribution is 5.46. The number of nitrogens with zero attached hydrogens (tertiary/aromatic N) is 1. The molecule has 2 aliphatic heterocycles. The summed E-state index contributed by atoms with van der Waals surface area (Å²) in [5.41, 5.74) is 1.34. The summed E-state index contributed by atoms with van der Waals surface area (Å²) in [6.45, 7) is 3.44. The summed E-state index contributed by atoms with van der Waals surface area (Å²) >= 11 is 0. The van der Waals surface area contributed by atoms with Gasteiger partial charge < -0.3 is 19.7 Å². The molecule has 1 atom stereocenters. The van der Waals surface area contributed by atoms with Gasteiger partial charge >= 0.3 is 0 Å². The van der Waals surface area contributed by atoms with E-state index in [1.165, 1.54) is 5.56 Å². The summed E-state index contributed by atoms with van der Waals surface area (Å²) in [5, 5.41) is 3.49. The Bertz CT molecular complexity index is 449. The van der Waals surface area contributed by atoms with E-state index in [1.807, 2.05) is 13.1 Å². The molecule has 4 nitrogen and oxygen atoms in total. The molecule has 0 radical (unpaired) electrons. The molecule has 0 aromatic heterocycles. The fourth-order valence-electron chi connectivity index (χ4n) is 2.93. The van der Waals surface area contributed by atoms with Crippen molar-refractivity contribution in [2.45, 2.75) is 12.0 Å². The lowest BCUT2D eigenvalue weighted by atomic mass is 9.89. The molecule has 1 unspecified atom stereocenters. The first-order chi connectivity index (χ1) is 8.73. The van der Waals surface area contributed by atoms with Gasteiger partial charge in [0.2, 0.25) is 0 Å². The van der Waals surface area contributed by atoms with Crippen LogP contribution in [0.5, 0.6) is 11.5 Å². The lowest BCUT2D eigenvalue weighted by molar-refractivity contribution is 0.171. The van der Waals surface area contributed by atoms with Gasteiger partial charge in [-0.1, -0.05) is 6.07 Å². The van der Waals surface area contributed by atoms with Crippen molar-refractivity contribution in [1.29, 1.82) is 0 Å². The molecule has 2 heterocycles. The molecule has 1 aromatic carbocycles. The Hall–Kier alpha value is -1.26. The molecular weight excluding hydrogens is 228 g/mol. The van der Waals surface area contributed by atoms with Gasteiger partial charge in [-0.15, -0.1) is 0 Å². The fourth-order valence-corrected chi connectivity index (χ4v) is 2.93. The summed E-state index contributed by atoms with van der Waals surface area (Å²) in [6.07, 6.45) is 1.12. The number of ether oxygens (including phenoxy) is 2. The van der Waals surface area contributed by atoms with Crippen molar-refractivity contribution >= 4 is 0 Å². The number of nitrogens with one attached hydrogen (secondary N) is 1. The molecule has 2 aliphatic rings. The van der Waals surface area contributed by atoms with E-state index in [-0.39, 0.29) is 5.54 Å². The summed E-state index contributed by atoms with van der Waals surface area (Å²) in [5.74, 6) is 1.74. The van der Waals surface area contributed by atoms with E-state index in [4.69, 9.17) is 9.47 Å². The Labute approximate surface area is 108 Å². The Kier molecular flexibility index (Phi) is 2.92. The quantitative estimate of drug-likeness (QED) is 0.853. The highest BCUT2D eigenvalue weighted by Crippen LogP contribution is 2.37. The van der Waals surface area contributed by atoms with Crippen molar-refractivity contribution in [3.05, 3.63) is 23.8 Å². The van der Waals surface area contributed by atoms with Gasteiger partial charge in [0.1, 0.15) is 13.2 Å². The molecule has 0 aliphatic carbocycles. The topological polar surface area (TPSA) is 33.7 Å². The number of hydrogen-bond donors (Lipinski definition) is 1. The summed E-state index contributed by atoms with van der Waals surface area (Å²) in [6, 6.07) is 6.31. The monoisotopic (exact) mass is 248 g/mol. The lowest BCUT2D eigenvalue weighted by Crippen LogP contribution is -2.42. The molecule has 98 valence electrons. The van der Waals surface area contributed by atoms with Crippen molar-refractivity contribution in [2.24, 2.45) is 0 Å². The third-order valence-corrected chi connectivity index (χ3v) is 4.03. The van der Waals surface area contributed by atoms with Crippen LogP contribution < -0.4 is 14.8 Å². The maximum atomic E-state index is 5.67. The van der Waals surface area contributed by atoms with E-state index >= 15 is 0 Å². The predicted molar refractivity (Wildman–Crippen MR) is 70.3 cm³/mol. The van der Waals surface area contributed by atoms with Gasteiger partial charge in [0.15, 0.2) is 11.5 Å². The smallest absolute Gasteiger partial charge is 0.161 e. The van der Waals surface area contributed by atoms with Crippen LogP contribution in [-0.2, 0) is 5.54 Å². The summed E-state index contributed by atoms with van der Waals surface area (Å²) in [4.78, 5) is 2.35. The number of likely N-dealkylation sites (tertiary alicyclic amines) is 1. The van der Waals surface area contributed by atoms with Crippen LogP contribution >= 0.6 is 0 Å². The van der Waals surface area contributed by atoms with Crippen LogP contribution in [0.1, 0.15) is 12.0 Å². The molecule has 1 aromatic rings. The molecule has 0 spiro atoms. The van der Waals surface area contributed by atoms with Crippen LogP contribution in [0.4, 0.5) is 0 Å². The van der Waals surface area contributed by atoms with Crippen LogP contribution in [0, 0.1) is 0 Å². The van der Waals surface area contributed by atoms with Crippen molar-refractivity contribution in [3.8, 4) is 11.5 Å². The molecule has 4 heteroatoms. The zero-order chi connectivity index (χ0) is 12.6. The maximum absolute atomic E-state index is 5.67. The molecule has 3 rings (SSSR count). The van der Waals surface area contributed by atoms with E-state index in [2.05, 4.69) is 29.4 Å². The summed E-state index contributed by atoms with van der Waals surface area (Å²) in [7, 11) is 4.20. The molecule has 1 saturated heterocycles. The molecule has 1 N–H and O–H groups in total. The van der Waals surface area contributed by atoms with Crippen LogP contribution in [0.3, 0.4) is 0 Å². The lowest BCUT2D eigenvalue weighted by Gasteiger charge is -2.30. The Balaban J connectivity index is 1.96. The fraction of sp³-hybridized carbons (Fsp3) is 0.571. The summed E-state index contributed by atoms with van der Waals surface area (Å²) < 4.78 is 11.2. The van der Waals surface area contributed by atoms with Crippen LogP contribution in [0.2, 0.25) is 0 Å². The Morgan fingerprint density at radius 2 is 2.00 bits per heavy atom. The minimum Gasteiger partial charge on any atom is -0.486 e. The van der Waals surface area contributed by atoms with Gasteiger partial charge in [-0.25, -0.2) is 0 Å². The van der Waals surface area contributed by atoms with Crippen molar-refractivity contribution < 1.29 is 9.47 Å². The van der Waals surface area contributed by atoms with E-state index in [0.717, 1.165) is 31.0 Å². The molecule has 18 heavy (non-hydrogen) atoms. The second-order valence-corrected chi connectivity index (χ2v) is 5.18. The van der Waals surface area contributed by atoms with Gasteiger partial charge in [-0.2, -0.15) is 0 Å². The number of rotatable bonds is 2. The van der Waals surface area contributed by atoms with Gasteiger partial charge in [0.05, 0.1) is 5.54 Å². The second-order valence-electron chi connectivity index (χ2n) is 5.18. The first kappa shape index (κ1) is 11.8. The maximum Gasteiger partial charge on any atom is 0.161 e. The first-order valence-corrected chi connectivity index (χ1v) is 6.51. The normalized spacial score (nSPS) is 27.4. The van der Waals surface area contributed by atoms with Crippen molar-refractivity contribution in [2.75, 3.05) is 40.4 Å². The number of hydrogen-bond acceptors (Lipinski definition) is 4. The third kappa shape index (κ3) is 1.85. The molecule has 0 saturated carbocycles. The molecular formula is C14H20N2O2. The van der Waals surface area contributed by atoms with Crippen LogP contribution in [0.15, 0.2) is 18.2 Å². The Morgan fingerprint density at radius 3 is 2.67 bits per heavy atom. The minimum atomic E-state index is 0.0462. The van der Waals surface area contributed by atoms with Gasteiger partial charge in [0, 0.05) is 13.1 Å². The van der Waals surface area contributed by atoms with Crippen LogP contribution in [0.25, 0.3) is 0 Å². The average Bonchev–Trinajstić information content (AvgIpc) is 2.81. The van der Waals surface area contributed by atoms with Gasteiger partial charge in [-0.3, -0.25) is 0 Å². The van der Waals surface area contributed by atoms with E-state index in [0.29, 0.717) is 13.2 Å². The van der Waals surface area contributed by atoms with Crippen LogP contribution in [-0.4, -0.2) is 45.3 Å². The molecule has 0 amide bonds. The minimum absolute atomic E-state index is 0.0462. The number of benzene rings is 1. The number of likely N-dealkylation sites (N-methyl/N-ethyl adjacent to an activating group) is 2. The predicted octanol–water partition coefficient (Wildman–Crippen LogP) is 1.21. The average molecular weight is 248 g/mol. The largest absolute Gasteiger partial charge is 0.486 e. The van der Waals surface area contributed by atoms with Gasteiger partial charge in [0.25, 0.3) is 0 Å². The van der Waals surface area contributed by atoms with E-state index in [9.17, 15) is 0 Å². The zero-order valence-corrected chi connectivity index (χ0v) is 11.0. The zero-order valence-electron chi connectivity index (χ0n) is 11.0. The molecule has 0 bridgehead atoms. The van der Waals surface area contributed by atoms with Gasteiger partial charge in [-0.05, 0) is 38.2 Å². The highest BCUT2D eigenvalue weighted by Gasteiger charge is 2.37. The highest BCUT2D eigenvalue weighted by atomic mass is 16.6. The van der Waals surface area contributed by atoms with Crippen molar-refractivity contribution in [3.63, 3.8) is 0 Å². The SMILES string of the molecule is CNC1(c2ccc3c(c2)OCCO3)CCN(C)C1. The standard InChI is InChI=1S/C14H20N2O2/c1-15-14(5-6-16(2)10-14)11-3-4-12-13(9-11)18-8-7-17-12/h3-4,9,15H,5-8,10H2,1-2H3. The van der Waals surface area contributed by atoms with E-state index < -0.39 is 0 Å². The Morgan fingerprint density at radius 1 is 1.22 bits per heavy atom.